The molecule has 2 saturated heterocycles. The second-order valence-corrected chi connectivity index (χ2v) is 7.87. The average molecular weight is 382 g/mol. The Morgan fingerprint density at radius 3 is 2.89 bits per heavy atom. The van der Waals surface area contributed by atoms with E-state index in [2.05, 4.69) is 28.1 Å². The molecule has 1 N–H and O–H groups in total. The van der Waals surface area contributed by atoms with E-state index in [-0.39, 0.29) is 11.5 Å². The highest BCUT2D eigenvalue weighted by Gasteiger charge is 2.25. The van der Waals surface area contributed by atoms with Crippen LogP contribution in [-0.4, -0.2) is 50.2 Å². The van der Waals surface area contributed by atoms with Gasteiger partial charge in [0.1, 0.15) is 12.7 Å². The number of hydrogen-bond donors (Lipinski definition) is 1. The molecule has 6 heteroatoms. The highest BCUT2D eigenvalue weighted by molar-refractivity contribution is 5.70. The Bertz CT molecular complexity index is 942. The van der Waals surface area contributed by atoms with Crippen LogP contribution in [0.25, 0.3) is 11.3 Å². The van der Waals surface area contributed by atoms with Gasteiger partial charge in [-0.3, -0.25) is 4.79 Å². The van der Waals surface area contributed by atoms with Crippen molar-refractivity contribution in [1.82, 2.24) is 9.88 Å². The second kappa shape index (κ2) is 7.35. The van der Waals surface area contributed by atoms with Gasteiger partial charge in [0.05, 0.1) is 25.5 Å². The van der Waals surface area contributed by atoms with Crippen LogP contribution in [0.5, 0.6) is 5.88 Å². The molecule has 2 aromatic rings. The van der Waals surface area contributed by atoms with Crippen LogP contribution in [0.4, 0.5) is 0 Å². The van der Waals surface area contributed by atoms with Crippen molar-refractivity contribution in [2.75, 3.05) is 39.5 Å². The fraction of sp³-hybridized carbons (Fsp3) is 0.500. The van der Waals surface area contributed by atoms with Gasteiger partial charge in [-0.05, 0) is 24.5 Å². The summed E-state index contributed by atoms with van der Waals surface area (Å²) in [6.45, 7) is 6.98. The Labute approximate surface area is 164 Å². The standard InChI is InChI=1S/C22H26N2O4/c1-14-20(25)9-21(28-13-18-12-26-6-7-27-18)24-5-4-16-8-15(17-10-23-11-17)2-3-19(16)22(14)24/h2-3,8-9,17-18,23H,4-7,10-13H2,1H3/t18-/m0/s1. The molecule has 1 aromatic heterocycles. The Kier molecular flexibility index (Phi) is 4.70. The van der Waals surface area contributed by atoms with E-state index in [4.69, 9.17) is 14.2 Å². The molecule has 1 atom stereocenters. The summed E-state index contributed by atoms with van der Waals surface area (Å²) in [4.78, 5) is 12.6. The molecule has 6 nitrogen and oxygen atoms in total. The van der Waals surface area contributed by atoms with Crippen LogP contribution >= 0.6 is 0 Å². The van der Waals surface area contributed by atoms with Gasteiger partial charge in [-0.25, -0.2) is 0 Å². The van der Waals surface area contributed by atoms with E-state index in [0.29, 0.717) is 38.2 Å². The fourth-order valence-corrected chi connectivity index (χ4v) is 4.29. The van der Waals surface area contributed by atoms with Crippen LogP contribution in [0.15, 0.2) is 29.1 Å². The number of hydrogen-bond acceptors (Lipinski definition) is 5. The largest absolute Gasteiger partial charge is 0.476 e. The lowest BCUT2D eigenvalue weighted by Crippen LogP contribution is -2.39. The lowest BCUT2D eigenvalue weighted by Gasteiger charge is -2.31. The van der Waals surface area contributed by atoms with E-state index >= 15 is 0 Å². The van der Waals surface area contributed by atoms with Crippen molar-refractivity contribution < 1.29 is 14.2 Å². The Morgan fingerprint density at radius 1 is 1.25 bits per heavy atom. The van der Waals surface area contributed by atoms with Crippen molar-refractivity contribution in [1.29, 1.82) is 0 Å². The van der Waals surface area contributed by atoms with Crippen molar-refractivity contribution in [3.8, 4) is 17.1 Å². The Hall–Kier alpha value is -2.15. The van der Waals surface area contributed by atoms with Gasteiger partial charge in [0.15, 0.2) is 11.3 Å². The third-order valence-corrected chi connectivity index (χ3v) is 6.06. The lowest BCUT2D eigenvalue weighted by molar-refractivity contribution is -0.102. The van der Waals surface area contributed by atoms with Gasteiger partial charge < -0.3 is 24.1 Å². The summed E-state index contributed by atoms with van der Waals surface area (Å²) in [6.07, 6.45) is 0.855. The van der Waals surface area contributed by atoms with E-state index in [1.165, 1.54) is 11.1 Å². The Morgan fingerprint density at radius 2 is 2.14 bits per heavy atom. The first-order valence-electron chi connectivity index (χ1n) is 10.1. The van der Waals surface area contributed by atoms with Gasteiger partial charge in [-0.2, -0.15) is 0 Å². The molecular formula is C22H26N2O4. The average Bonchev–Trinajstić information content (AvgIpc) is 2.68. The maximum atomic E-state index is 12.6. The minimum absolute atomic E-state index is 0.0159. The maximum Gasteiger partial charge on any atom is 0.197 e. The highest BCUT2D eigenvalue weighted by Crippen LogP contribution is 2.35. The van der Waals surface area contributed by atoms with Gasteiger partial charge in [0, 0.05) is 42.7 Å². The van der Waals surface area contributed by atoms with Crippen LogP contribution in [0.1, 0.15) is 22.6 Å². The summed E-state index contributed by atoms with van der Waals surface area (Å²) in [7, 11) is 0. The topological polar surface area (TPSA) is 61.7 Å². The SMILES string of the molecule is Cc1c2n(c(OC[C@@H]3COCCO3)cc1=O)CCc1cc(C3CNC3)ccc1-2. The van der Waals surface area contributed by atoms with Crippen molar-refractivity contribution in [3.05, 3.63) is 51.2 Å². The van der Waals surface area contributed by atoms with Crippen LogP contribution in [0.2, 0.25) is 0 Å². The monoisotopic (exact) mass is 382 g/mol. The van der Waals surface area contributed by atoms with Crippen molar-refractivity contribution in [2.24, 2.45) is 0 Å². The number of benzene rings is 1. The van der Waals surface area contributed by atoms with Gasteiger partial charge >= 0.3 is 0 Å². The molecule has 0 radical (unpaired) electrons. The number of pyridine rings is 1. The molecule has 1 aromatic carbocycles. The van der Waals surface area contributed by atoms with Crippen molar-refractivity contribution in [3.63, 3.8) is 0 Å². The van der Waals surface area contributed by atoms with Crippen molar-refractivity contribution >= 4 is 0 Å². The van der Waals surface area contributed by atoms with Gasteiger partial charge in [-0.15, -0.1) is 0 Å². The van der Waals surface area contributed by atoms with E-state index in [1.54, 1.807) is 6.07 Å². The number of nitrogens with one attached hydrogen (secondary N) is 1. The van der Waals surface area contributed by atoms with E-state index in [9.17, 15) is 4.79 Å². The molecule has 0 saturated carbocycles. The van der Waals surface area contributed by atoms with Crippen LogP contribution < -0.4 is 15.5 Å². The maximum absolute atomic E-state index is 12.6. The third-order valence-electron chi connectivity index (χ3n) is 6.06. The summed E-state index contributed by atoms with van der Waals surface area (Å²) < 4.78 is 19.3. The zero-order valence-electron chi connectivity index (χ0n) is 16.2. The summed E-state index contributed by atoms with van der Waals surface area (Å²) in [6, 6.07) is 8.34. The van der Waals surface area contributed by atoms with Gasteiger partial charge in [0.2, 0.25) is 0 Å². The second-order valence-electron chi connectivity index (χ2n) is 7.87. The first-order valence-corrected chi connectivity index (χ1v) is 10.1. The summed E-state index contributed by atoms with van der Waals surface area (Å²) in [5, 5.41) is 3.34. The molecule has 3 aliphatic heterocycles. The van der Waals surface area contributed by atoms with Gasteiger partial charge in [0.25, 0.3) is 0 Å². The number of aryl methyl sites for hydroxylation is 1. The molecule has 148 valence electrons. The van der Waals surface area contributed by atoms with Crippen LogP contribution in [-0.2, 0) is 22.4 Å². The molecule has 0 aliphatic carbocycles. The molecular weight excluding hydrogens is 356 g/mol. The zero-order valence-corrected chi connectivity index (χ0v) is 16.2. The first-order chi connectivity index (χ1) is 13.7. The first kappa shape index (κ1) is 17.9. The third kappa shape index (κ3) is 3.15. The number of rotatable bonds is 4. The quantitative estimate of drug-likeness (QED) is 0.875. The predicted molar refractivity (Wildman–Crippen MR) is 106 cm³/mol. The number of nitrogens with zero attached hydrogens (tertiary/aromatic N) is 1. The summed E-state index contributed by atoms with van der Waals surface area (Å²) in [5.41, 5.74) is 5.66. The van der Waals surface area contributed by atoms with Gasteiger partial charge in [-0.1, -0.05) is 18.2 Å². The molecule has 0 spiro atoms. The molecule has 0 amide bonds. The minimum Gasteiger partial charge on any atom is -0.476 e. The minimum atomic E-state index is -0.0871. The number of ether oxygens (including phenoxy) is 3. The molecule has 0 bridgehead atoms. The van der Waals surface area contributed by atoms with E-state index in [1.807, 2.05) is 6.92 Å². The fourth-order valence-electron chi connectivity index (χ4n) is 4.29. The smallest absolute Gasteiger partial charge is 0.197 e. The van der Waals surface area contributed by atoms with Crippen LogP contribution in [0.3, 0.4) is 0 Å². The normalized spacial score (nSPS) is 21.5. The highest BCUT2D eigenvalue weighted by atomic mass is 16.6. The van der Waals surface area contributed by atoms with Crippen LogP contribution in [0, 0.1) is 6.92 Å². The molecule has 2 fully saturated rings. The summed E-state index contributed by atoms with van der Waals surface area (Å²) in [5.74, 6) is 1.24. The molecule has 28 heavy (non-hydrogen) atoms. The van der Waals surface area contributed by atoms with E-state index in [0.717, 1.165) is 42.9 Å². The number of aromatic nitrogens is 1. The molecule has 3 aliphatic rings. The summed E-state index contributed by atoms with van der Waals surface area (Å²) >= 11 is 0. The lowest BCUT2D eigenvalue weighted by atomic mass is 9.87. The van der Waals surface area contributed by atoms with E-state index < -0.39 is 0 Å². The molecule has 5 rings (SSSR count). The number of fused-ring (bicyclic) bond motifs is 3. The molecule has 0 unspecified atom stereocenters. The van der Waals surface area contributed by atoms with Crippen molar-refractivity contribution in [2.45, 2.75) is 31.9 Å². The zero-order chi connectivity index (χ0) is 19.1. The molecule has 4 heterocycles. The predicted octanol–water partition coefficient (Wildman–Crippen LogP) is 1.86. The Balaban J connectivity index is 1.48.